The van der Waals surface area contributed by atoms with Crippen LogP contribution in [0.25, 0.3) is 0 Å². The van der Waals surface area contributed by atoms with Crippen LogP contribution in [0.3, 0.4) is 0 Å². The number of rotatable bonds is 7. The van der Waals surface area contributed by atoms with Crippen LogP contribution in [-0.2, 0) is 17.5 Å². The Kier molecular flexibility index (Phi) is 6.68. The zero-order valence-electron chi connectivity index (χ0n) is 12.0. The van der Waals surface area contributed by atoms with Crippen LogP contribution in [0.4, 0.5) is 13.2 Å². The van der Waals surface area contributed by atoms with Crippen molar-refractivity contribution in [2.45, 2.75) is 38.9 Å². The van der Waals surface area contributed by atoms with Crippen molar-refractivity contribution in [3.63, 3.8) is 0 Å². The molecule has 0 spiro atoms. The first-order valence-electron chi connectivity index (χ1n) is 6.96. The molecule has 1 aromatic rings. The third-order valence-electron chi connectivity index (χ3n) is 3.32. The Balaban J connectivity index is 2.50. The van der Waals surface area contributed by atoms with Gasteiger partial charge in [0.2, 0.25) is 5.91 Å². The smallest absolute Gasteiger partial charge is 0.352 e. The van der Waals surface area contributed by atoms with Gasteiger partial charge in [-0.2, -0.15) is 13.2 Å². The first-order valence-corrected chi connectivity index (χ1v) is 6.96. The Morgan fingerprint density at radius 1 is 1.29 bits per heavy atom. The minimum absolute atomic E-state index is 0.0772. The lowest BCUT2D eigenvalue weighted by molar-refractivity contribution is -0.138. The van der Waals surface area contributed by atoms with Gasteiger partial charge in [0.25, 0.3) is 0 Å². The van der Waals surface area contributed by atoms with Crippen LogP contribution < -0.4 is 11.1 Å². The molecule has 0 saturated heterocycles. The van der Waals surface area contributed by atoms with E-state index >= 15 is 0 Å². The van der Waals surface area contributed by atoms with E-state index in [9.17, 15) is 18.0 Å². The molecule has 0 aromatic heterocycles. The van der Waals surface area contributed by atoms with E-state index in [1.54, 1.807) is 0 Å². The maximum atomic E-state index is 12.8. The van der Waals surface area contributed by atoms with Crippen molar-refractivity contribution in [2.24, 2.45) is 11.7 Å². The largest absolute Gasteiger partial charge is 0.416 e. The Bertz CT molecular complexity index is 460. The monoisotopic (exact) mass is 302 g/mol. The molecule has 21 heavy (non-hydrogen) atoms. The highest BCUT2D eigenvalue weighted by molar-refractivity contribution is 5.75. The van der Waals surface area contributed by atoms with Crippen molar-refractivity contribution in [3.05, 3.63) is 35.4 Å². The number of carbonyl (C=O) groups is 1. The maximum absolute atomic E-state index is 12.8. The average molecular weight is 302 g/mol. The summed E-state index contributed by atoms with van der Waals surface area (Å²) >= 11 is 0. The highest BCUT2D eigenvalue weighted by atomic mass is 19.4. The van der Waals surface area contributed by atoms with Crippen molar-refractivity contribution >= 4 is 5.91 Å². The van der Waals surface area contributed by atoms with Gasteiger partial charge in [0.1, 0.15) is 0 Å². The predicted octanol–water partition coefficient (Wildman–Crippen LogP) is 3.09. The van der Waals surface area contributed by atoms with Crippen LogP contribution in [0.1, 0.15) is 37.3 Å². The van der Waals surface area contributed by atoms with Crippen molar-refractivity contribution in [1.82, 2.24) is 5.32 Å². The molecule has 0 aliphatic heterocycles. The highest BCUT2D eigenvalue weighted by Gasteiger charge is 2.32. The van der Waals surface area contributed by atoms with Gasteiger partial charge in [0, 0.05) is 13.0 Å². The standard InChI is InChI=1S/C15H21F3N2O/c1-11(8-9-19)6-7-14(21)20-10-12-4-2-3-5-13(12)15(16,17)18/h2-5,11H,6-10,19H2,1H3,(H,20,21). The zero-order chi connectivity index (χ0) is 15.9. The maximum Gasteiger partial charge on any atom is 0.416 e. The molecule has 0 bridgehead atoms. The van der Waals surface area contributed by atoms with E-state index < -0.39 is 11.7 Å². The number of alkyl halides is 3. The summed E-state index contributed by atoms with van der Waals surface area (Å²) in [4.78, 5) is 11.7. The van der Waals surface area contributed by atoms with E-state index in [2.05, 4.69) is 5.32 Å². The minimum Gasteiger partial charge on any atom is -0.352 e. The first-order chi connectivity index (χ1) is 9.84. The molecular weight excluding hydrogens is 281 g/mol. The van der Waals surface area contributed by atoms with E-state index in [4.69, 9.17) is 5.73 Å². The van der Waals surface area contributed by atoms with Crippen LogP contribution in [0.5, 0.6) is 0 Å². The van der Waals surface area contributed by atoms with Crippen molar-refractivity contribution in [1.29, 1.82) is 0 Å². The number of halogens is 3. The van der Waals surface area contributed by atoms with Gasteiger partial charge in [-0.3, -0.25) is 4.79 Å². The third-order valence-corrected chi connectivity index (χ3v) is 3.32. The van der Waals surface area contributed by atoms with E-state index in [0.717, 1.165) is 12.5 Å². The molecule has 0 aliphatic rings. The number of amides is 1. The average Bonchev–Trinajstić information content (AvgIpc) is 2.42. The second kappa shape index (κ2) is 8.02. The molecule has 3 nitrogen and oxygen atoms in total. The van der Waals surface area contributed by atoms with Gasteiger partial charge >= 0.3 is 6.18 Å². The fraction of sp³-hybridized carbons (Fsp3) is 0.533. The number of nitrogens with two attached hydrogens (primary N) is 1. The predicted molar refractivity (Wildman–Crippen MR) is 75.4 cm³/mol. The van der Waals surface area contributed by atoms with Gasteiger partial charge in [-0.05, 0) is 36.9 Å². The molecule has 1 rings (SSSR count). The van der Waals surface area contributed by atoms with Crippen LogP contribution in [0.2, 0.25) is 0 Å². The van der Waals surface area contributed by atoms with E-state index in [1.165, 1.54) is 18.2 Å². The third kappa shape index (κ3) is 6.16. The summed E-state index contributed by atoms with van der Waals surface area (Å²) in [5.41, 5.74) is 4.79. The van der Waals surface area contributed by atoms with Gasteiger partial charge in [-0.1, -0.05) is 25.1 Å². The highest BCUT2D eigenvalue weighted by Crippen LogP contribution is 2.31. The quantitative estimate of drug-likeness (QED) is 0.813. The molecule has 1 atom stereocenters. The summed E-state index contributed by atoms with van der Waals surface area (Å²) in [6.45, 7) is 2.46. The van der Waals surface area contributed by atoms with Crippen LogP contribution in [0, 0.1) is 5.92 Å². The van der Waals surface area contributed by atoms with Gasteiger partial charge in [0.15, 0.2) is 0 Å². The van der Waals surface area contributed by atoms with Gasteiger partial charge in [-0.25, -0.2) is 0 Å². The Morgan fingerprint density at radius 2 is 1.95 bits per heavy atom. The zero-order valence-corrected chi connectivity index (χ0v) is 12.0. The minimum atomic E-state index is -4.41. The molecule has 1 aromatic carbocycles. The van der Waals surface area contributed by atoms with Crippen molar-refractivity contribution in [3.8, 4) is 0 Å². The van der Waals surface area contributed by atoms with Crippen molar-refractivity contribution in [2.75, 3.05) is 6.54 Å². The van der Waals surface area contributed by atoms with Crippen molar-refractivity contribution < 1.29 is 18.0 Å². The molecule has 1 amide bonds. The van der Waals surface area contributed by atoms with Gasteiger partial charge in [-0.15, -0.1) is 0 Å². The summed E-state index contributed by atoms with van der Waals surface area (Å²) in [5.74, 6) is 0.0964. The second-order valence-corrected chi connectivity index (χ2v) is 5.15. The molecule has 0 fully saturated rings. The molecule has 0 heterocycles. The molecule has 1 unspecified atom stereocenters. The van der Waals surface area contributed by atoms with Gasteiger partial charge in [0.05, 0.1) is 5.56 Å². The molecule has 0 radical (unpaired) electrons. The number of hydrogen-bond donors (Lipinski definition) is 2. The lowest BCUT2D eigenvalue weighted by Gasteiger charge is -2.14. The topological polar surface area (TPSA) is 55.1 Å². The summed E-state index contributed by atoms with van der Waals surface area (Å²) in [7, 11) is 0. The first kappa shape index (κ1) is 17.5. The molecule has 0 aliphatic carbocycles. The Hall–Kier alpha value is -1.56. The van der Waals surface area contributed by atoms with Crippen LogP contribution >= 0.6 is 0 Å². The second-order valence-electron chi connectivity index (χ2n) is 5.15. The summed E-state index contributed by atoms with van der Waals surface area (Å²) in [6, 6.07) is 5.26. The lowest BCUT2D eigenvalue weighted by atomic mass is 10.0. The summed E-state index contributed by atoms with van der Waals surface area (Å²) < 4.78 is 38.4. The molecule has 0 saturated carbocycles. The van der Waals surface area contributed by atoms with Crippen LogP contribution in [-0.4, -0.2) is 12.5 Å². The van der Waals surface area contributed by atoms with Gasteiger partial charge < -0.3 is 11.1 Å². The lowest BCUT2D eigenvalue weighted by Crippen LogP contribution is -2.24. The normalized spacial score (nSPS) is 13.0. The Labute approximate surface area is 122 Å². The van der Waals surface area contributed by atoms with E-state index in [1.807, 2.05) is 6.92 Å². The molecule has 118 valence electrons. The van der Waals surface area contributed by atoms with E-state index in [0.29, 0.717) is 25.3 Å². The summed E-state index contributed by atoms with van der Waals surface area (Å²) in [5, 5.41) is 2.54. The van der Waals surface area contributed by atoms with E-state index in [-0.39, 0.29) is 18.0 Å². The SMILES string of the molecule is CC(CCN)CCC(=O)NCc1ccccc1C(F)(F)F. The van der Waals surface area contributed by atoms with Crippen LogP contribution in [0.15, 0.2) is 24.3 Å². The molecule has 3 N–H and O–H groups in total. The molecular formula is C15H21F3N2O. The summed E-state index contributed by atoms with van der Waals surface area (Å²) in [6.07, 6.45) is -2.58. The Morgan fingerprint density at radius 3 is 2.57 bits per heavy atom. The fourth-order valence-corrected chi connectivity index (χ4v) is 2.04. The number of benzene rings is 1. The molecule has 6 heteroatoms. The number of nitrogens with one attached hydrogen (secondary N) is 1. The number of hydrogen-bond acceptors (Lipinski definition) is 2. The number of carbonyl (C=O) groups excluding carboxylic acids is 1. The fourth-order valence-electron chi connectivity index (χ4n) is 2.04.